The van der Waals surface area contributed by atoms with E-state index in [1.807, 2.05) is 0 Å². The first kappa shape index (κ1) is 13.6. The molecule has 0 saturated heterocycles. The molecular formula is C14H13FN6O2. The molecular weight excluding hydrogens is 303 g/mol. The molecule has 0 unspecified atom stereocenters. The Balaban J connectivity index is 1.96. The molecule has 2 heterocycles. The van der Waals surface area contributed by atoms with Crippen LogP contribution >= 0.6 is 0 Å². The Morgan fingerprint density at radius 3 is 2.87 bits per heavy atom. The van der Waals surface area contributed by atoms with Gasteiger partial charge in [0.2, 0.25) is 5.95 Å². The van der Waals surface area contributed by atoms with Gasteiger partial charge in [-0.3, -0.25) is 0 Å². The highest BCUT2D eigenvalue weighted by Crippen LogP contribution is 2.20. The third-order valence-electron chi connectivity index (χ3n) is 3.18. The van der Waals surface area contributed by atoms with Crippen LogP contribution < -0.4 is 10.4 Å². The van der Waals surface area contributed by atoms with Crippen LogP contribution in [0.25, 0.3) is 5.82 Å². The molecule has 1 aromatic carbocycles. The number of hydrogen-bond acceptors (Lipinski definition) is 6. The van der Waals surface area contributed by atoms with Crippen LogP contribution in [0.1, 0.15) is 12.5 Å². The minimum Gasteiger partial charge on any atom is -0.488 e. The van der Waals surface area contributed by atoms with Gasteiger partial charge in [0.15, 0.2) is 5.82 Å². The zero-order valence-corrected chi connectivity index (χ0v) is 12.4. The lowest BCUT2D eigenvalue weighted by Crippen LogP contribution is -2.24. The Labute approximate surface area is 131 Å². The molecule has 0 aliphatic rings. The van der Waals surface area contributed by atoms with Gasteiger partial charge in [0.05, 0.1) is 6.93 Å². The van der Waals surface area contributed by atoms with E-state index < -0.39 is 11.6 Å². The number of nitrogens with zero attached hydrogens (tertiary/aromatic N) is 6. The summed E-state index contributed by atoms with van der Waals surface area (Å²) in [6, 6.07) is 5.16. The van der Waals surface area contributed by atoms with Crippen molar-refractivity contribution in [3.8, 4) is 11.6 Å². The molecule has 0 N–H and O–H groups in total. The van der Waals surface area contributed by atoms with E-state index in [0.717, 1.165) is 21.3 Å². The summed E-state index contributed by atoms with van der Waals surface area (Å²) in [6.07, 6.45) is 0.995. The number of rotatable bonds is 4. The number of para-hydroxylation sites is 1. The fraction of sp³-hybridized carbons (Fsp3) is 0.214. The van der Waals surface area contributed by atoms with Crippen molar-refractivity contribution in [1.29, 1.82) is 0 Å². The zero-order chi connectivity index (χ0) is 17.3. The lowest BCUT2D eigenvalue weighted by molar-refractivity contribution is 0.294. The smallest absolute Gasteiger partial charge is 0.369 e. The summed E-state index contributed by atoms with van der Waals surface area (Å²) < 4.78 is 29.1. The quantitative estimate of drug-likeness (QED) is 0.661. The number of halogens is 1. The van der Waals surface area contributed by atoms with Crippen LogP contribution in [0.5, 0.6) is 5.75 Å². The van der Waals surface area contributed by atoms with E-state index in [4.69, 9.17) is 6.11 Å². The molecule has 8 nitrogen and oxygen atoms in total. The van der Waals surface area contributed by atoms with E-state index in [2.05, 4.69) is 20.4 Å². The van der Waals surface area contributed by atoms with Crippen LogP contribution in [0, 0.1) is 12.9 Å². The molecule has 2 aromatic heterocycles. The SMILES string of the molecule is [3H]c1ccc(OCc2c(F)ncnc2-n2nnn(C)c2=O)c(C)c1. The normalized spacial score (nSPS) is 11.3. The van der Waals surface area contributed by atoms with Crippen LogP contribution in [-0.4, -0.2) is 29.8 Å². The summed E-state index contributed by atoms with van der Waals surface area (Å²) in [5, 5.41) is 7.23. The molecule has 0 fully saturated rings. The standard InChI is InChI=1S/C14H13FN6O2/c1-9-5-3-4-6-11(9)23-7-10-12(15)16-8-17-13(10)21-14(22)20(2)18-19-21/h3-6,8H,7H2,1-2H3/i3T. The summed E-state index contributed by atoms with van der Waals surface area (Å²) in [5.41, 5.74) is 0.150. The van der Waals surface area contributed by atoms with Gasteiger partial charge < -0.3 is 4.74 Å². The highest BCUT2D eigenvalue weighted by Gasteiger charge is 2.18. The van der Waals surface area contributed by atoms with Gasteiger partial charge in [-0.2, -0.15) is 9.07 Å². The largest absolute Gasteiger partial charge is 0.488 e. The fourth-order valence-electron chi connectivity index (χ4n) is 1.95. The number of aryl methyl sites for hydroxylation is 2. The molecule has 118 valence electrons. The average Bonchev–Trinajstić information content (AvgIpc) is 2.87. The van der Waals surface area contributed by atoms with Crippen molar-refractivity contribution in [3.63, 3.8) is 0 Å². The average molecular weight is 318 g/mol. The molecule has 3 rings (SSSR count). The van der Waals surface area contributed by atoms with Gasteiger partial charge >= 0.3 is 5.69 Å². The maximum absolute atomic E-state index is 14.1. The van der Waals surface area contributed by atoms with E-state index in [1.54, 1.807) is 25.1 Å². The second-order valence-corrected chi connectivity index (χ2v) is 4.74. The molecule has 0 aliphatic heterocycles. The monoisotopic (exact) mass is 318 g/mol. The molecule has 3 aromatic rings. The first-order valence-electron chi connectivity index (χ1n) is 7.16. The van der Waals surface area contributed by atoms with E-state index in [0.29, 0.717) is 11.8 Å². The van der Waals surface area contributed by atoms with Crippen molar-refractivity contribution < 1.29 is 10.5 Å². The first-order chi connectivity index (χ1) is 11.5. The van der Waals surface area contributed by atoms with Crippen molar-refractivity contribution in [2.24, 2.45) is 7.05 Å². The highest BCUT2D eigenvalue weighted by atomic mass is 19.1. The van der Waals surface area contributed by atoms with Crippen molar-refractivity contribution in [1.82, 2.24) is 29.8 Å². The van der Waals surface area contributed by atoms with Gasteiger partial charge in [0, 0.05) is 7.05 Å². The summed E-state index contributed by atoms with van der Waals surface area (Å²) in [5.74, 6) is -0.352. The highest BCUT2D eigenvalue weighted by molar-refractivity contribution is 5.34. The first-order valence-corrected chi connectivity index (χ1v) is 6.66. The molecule has 0 atom stereocenters. The van der Waals surface area contributed by atoms with Crippen molar-refractivity contribution in [3.05, 3.63) is 58.1 Å². The molecule has 0 amide bonds. The van der Waals surface area contributed by atoms with Crippen molar-refractivity contribution in [2.45, 2.75) is 13.5 Å². The van der Waals surface area contributed by atoms with Crippen LogP contribution in [0.4, 0.5) is 4.39 Å². The third-order valence-corrected chi connectivity index (χ3v) is 3.18. The summed E-state index contributed by atoms with van der Waals surface area (Å²) in [6.45, 7) is 1.57. The molecule has 0 aliphatic carbocycles. The number of ether oxygens (including phenoxy) is 1. The van der Waals surface area contributed by atoms with E-state index in [1.165, 1.54) is 7.05 Å². The number of aromatic nitrogens is 6. The van der Waals surface area contributed by atoms with Gasteiger partial charge in [-0.15, -0.1) is 4.68 Å². The minimum atomic E-state index is -0.813. The maximum Gasteiger partial charge on any atom is 0.369 e. The van der Waals surface area contributed by atoms with Crippen LogP contribution in [0.2, 0.25) is 0 Å². The Morgan fingerprint density at radius 1 is 1.35 bits per heavy atom. The van der Waals surface area contributed by atoms with Crippen molar-refractivity contribution in [2.75, 3.05) is 0 Å². The topological polar surface area (TPSA) is 87.7 Å². The second-order valence-electron chi connectivity index (χ2n) is 4.74. The predicted octanol–water partition coefficient (Wildman–Crippen LogP) is 0.783. The zero-order valence-electron chi connectivity index (χ0n) is 13.4. The lowest BCUT2D eigenvalue weighted by atomic mass is 10.2. The van der Waals surface area contributed by atoms with Crippen LogP contribution in [0.15, 0.2) is 35.4 Å². The molecule has 23 heavy (non-hydrogen) atoms. The van der Waals surface area contributed by atoms with Gasteiger partial charge in [-0.05, 0) is 29.0 Å². The summed E-state index contributed by atoms with van der Waals surface area (Å²) in [4.78, 5) is 19.4. The molecule has 0 radical (unpaired) electrons. The summed E-state index contributed by atoms with van der Waals surface area (Å²) >= 11 is 0. The molecule has 9 heteroatoms. The molecule has 0 bridgehead atoms. The van der Waals surface area contributed by atoms with Gasteiger partial charge in [-0.25, -0.2) is 14.8 Å². The van der Waals surface area contributed by atoms with Crippen LogP contribution in [-0.2, 0) is 13.7 Å². The lowest BCUT2D eigenvalue weighted by Gasteiger charge is -2.11. The molecule has 0 spiro atoms. The summed E-state index contributed by atoms with van der Waals surface area (Å²) in [7, 11) is 1.42. The Hall–Kier alpha value is -3.10. The van der Waals surface area contributed by atoms with Gasteiger partial charge in [-0.1, -0.05) is 18.2 Å². The van der Waals surface area contributed by atoms with Crippen molar-refractivity contribution >= 4 is 0 Å². The third kappa shape index (κ3) is 2.80. The van der Waals surface area contributed by atoms with E-state index in [-0.39, 0.29) is 18.0 Å². The second kappa shape index (κ2) is 5.95. The Kier molecular flexibility index (Phi) is 3.51. The maximum atomic E-state index is 14.1. The Morgan fingerprint density at radius 2 is 2.17 bits per heavy atom. The minimum absolute atomic E-state index is 0.0190. The van der Waals surface area contributed by atoms with Gasteiger partial charge in [0.25, 0.3) is 0 Å². The van der Waals surface area contributed by atoms with Gasteiger partial charge in [0.1, 0.15) is 18.7 Å². The number of hydrogen-bond donors (Lipinski definition) is 0. The van der Waals surface area contributed by atoms with Crippen LogP contribution in [0.3, 0.4) is 0 Å². The number of tetrazole rings is 1. The predicted molar refractivity (Wildman–Crippen MR) is 77.7 cm³/mol. The molecule has 0 saturated carbocycles. The van der Waals surface area contributed by atoms with E-state index in [9.17, 15) is 9.18 Å². The number of benzene rings is 1. The van der Waals surface area contributed by atoms with E-state index >= 15 is 0 Å². The fourth-order valence-corrected chi connectivity index (χ4v) is 1.95. The Bertz CT molecular complexity index is 955.